The van der Waals surface area contributed by atoms with Crippen LogP contribution in [-0.4, -0.2) is 47.1 Å². The molecule has 4 atom stereocenters. The van der Waals surface area contributed by atoms with E-state index < -0.39 is 5.97 Å². The minimum Gasteiger partial charge on any atom is -0.480 e. The quantitative estimate of drug-likeness (QED) is 0.686. The van der Waals surface area contributed by atoms with E-state index in [1.54, 1.807) is 0 Å². The van der Waals surface area contributed by atoms with Crippen molar-refractivity contribution in [2.75, 3.05) is 13.1 Å². The minimum atomic E-state index is -0.707. The van der Waals surface area contributed by atoms with Crippen LogP contribution in [0.2, 0.25) is 0 Å². The molecule has 0 radical (unpaired) electrons. The Hall–Kier alpha value is -1.10. The summed E-state index contributed by atoms with van der Waals surface area (Å²) in [6.45, 7) is 9.47. The van der Waals surface area contributed by atoms with Gasteiger partial charge in [0.2, 0.25) is 5.91 Å². The van der Waals surface area contributed by atoms with E-state index in [1.807, 2.05) is 6.92 Å². The van der Waals surface area contributed by atoms with Crippen LogP contribution in [0.4, 0.5) is 0 Å². The van der Waals surface area contributed by atoms with Gasteiger partial charge in [0.25, 0.3) is 0 Å². The molecule has 1 fully saturated rings. The number of carbonyl (C=O) groups is 2. The van der Waals surface area contributed by atoms with Gasteiger partial charge in [0.1, 0.15) is 6.04 Å². The van der Waals surface area contributed by atoms with Crippen molar-refractivity contribution in [3.05, 3.63) is 0 Å². The number of hydrogen-bond donors (Lipinski definition) is 2. The molecule has 0 aromatic carbocycles. The van der Waals surface area contributed by atoms with Gasteiger partial charge in [0.15, 0.2) is 0 Å². The van der Waals surface area contributed by atoms with Crippen LogP contribution in [0.5, 0.6) is 0 Å². The van der Waals surface area contributed by atoms with E-state index in [-0.39, 0.29) is 18.0 Å². The number of carboxylic acid groups (broad SMARTS) is 1. The van der Waals surface area contributed by atoms with Crippen molar-refractivity contribution < 1.29 is 14.7 Å². The van der Waals surface area contributed by atoms with Gasteiger partial charge < -0.3 is 10.4 Å². The van der Waals surface area contributed by atoms with E-state index >= 15 is 0 Å². The Morgan fingerprint density at radius 1 is 1.32 bits per heavy atom. The average molecular weight is 312 g/mol. The molecule has 0 aromatic heterocycles. The number of likely N-dealkylation sites (tertiary alicyclic amines) is 1. The summed E-state index contributed by atoms with van der Waals surface area (Å²) in [6.07, 6.45) is 5.00. The maximum absolute atomic E-state index is 11.5. The number of nitrogens with zero attached hydrogens (tertiary/aromatic N) is 1. The molecule has 1 amide bonds. The summed E-state index contributed by atoms with van der Waals surface area (Å²) in [6, 6.07) is -0.280. The molecule has 5 nitrogen and oxygen atoms in total. The lowest BCUT2D eigenvalue weighted by molar-refractivity contribution is -0.142. The molecule has 1 aliphatic heterocycles. The second-order valence-electron chi connectivity index (χ2n) is 6.74. The summed E-state index contributed by atoms with van der Waals surface area (Å²) in [7, 11) is 0. The molecule has 1 rings (SSSR count). The molecule has 0 aliphatic carbocycles. The summed E-state index contributed by atoms with van der Waals surface area (Å²) in [4.78, 5) is 25.0. The zero-order valence-electron chi connectivity index (χ0n) is 14.5. The number of carboxylic acids is 1. The molecule has 3 unspecified atom stereocenters. The normalized spacial score (nSPS) is 24.9. The van der Waals surface area contributed by atoms with Crippen LogP contribution in [-0.2, 0) is 9.59 Å². The van der Waals surface area contributed by atoms with Crippen molar-refractivity contribution >= 4 is 11.9 Å². The summed E-state index contributed by atoms with van der Waals surface area (Å²) in [5.74, 6) is 0.0651. The Kier molecular flexibility index (Phi) is 7.87. The molecular weight excluding hydrogens is 280 g/mol. The SMILES string of the molecule is CCCC1CC(C(=O)O)N(C[C@H](CCC)C(C)NC(C)=O)C1. The summed E-state index contributed by atoms with van der Waals surface area (Å²) < 4.78 is 0. The Labute approximate surface area is 134 Å². The lowest BCUT2D eigenvalue weighted by Crippen LogP contribution is -2.45. The van der Waals surface area contributed by atoms with E-state index in [1.165, 1.54) is 6.92 Å². The molecule has 2 N–H and O–H groups in total. The van der Waals surface area contributed by atoms with E-state index in [0.717, 1.165) is 45.2 Å². The molecule has 0 aromatic rings. The van der Waals surface area contributed by atoms with Crippen LogP contribution >= 0.6 is 0 Å². The summed E-state index contributed by atoms with van der Waals surface area (Å²) >= 11 is 0. The van der Waals surface area contributed by atoms with E-state index in [0.29, 0.717) is 11.8 Å². The van der Waals surface area contributed by atoms with Gasteiger partial charge >= 0.3 is 5.97 Å². The first kappa shape index (κ1) is 18.9. The van der Waals surface area contributed by atoms with Gasteiger partial charge in [0, 0.05) is 26.1 Å². The van der Waals surface area contributed by atoms with Gasteiger partial charge in [0.05, 0.1) is 0 Å². The largest absolute Gasteiger partial charge is 0.480 e. The second-order valence-corrected chi connectivity index (χ2v) is 6.74. The fourth-order valence-electron chi connectivity index (χ4n) is 3.68. The van der Waals surface area contributed by atoms with Gasteiger partial charge in [-0.3, -0.25) is 14.5 Å². The molecular formula is C17H32N2O3. The number of carbonyl (C=O) groups excluding carboxylic acids is 1. The van der Waals surface area contributed by atoms with Gasteiger partial charge in [-0.05, 0) is 38.0 Å². The Morgan fingerprint density at radius 3 is 2.50 bits per heavy atom. The van der Waals surface area contributed by atoms with Crippen molar-refractivity contribution in [1.29, 1.82) is 0 Å². The Balaban J connectivity index is 2.72. The van der Waals surface area contributed by atoms with E-state index in [9.17, 15) is 14.7 Å². The fraction of sp³-hybridized carbons (Fsp3) is 0.882. The predicted octanol–water partition coefficient (Wildman–Crippen LogP) is 2.50. The van der Waals surface area contributed by atoms with Crippen LogP contribution in [0.1, 0.15) is 59.8 Å². The Morgan fingerprint density at radius 2 is 2.00 bits per heavy atom. The third kappa shape index (κ3) is 5.59. The van der Waals surface area contributed by atoms with Crippen LogP contribution in [0.15, 0.2) is 0 Å². The molecule has 1 saturated heterocycles. The first-order valence-corrected chi connectivity index (χ1v) is 8.62. The van der Waals surface area contributed by atoms with Gasteiger partial charge in [-0.1, -0.05) is 26.7 Å². The molecule has 0 bridgehead atoms. The van der Waals surface area contributed by atoms with Crippen molar-refractivity contribution in [2.24, 2.45) is 11.8 Å². The van der Waals surface area contributed by atoms with E-state index in [4.69, 9.17) is 0 Å². The maximum atomic E-state index is 11.5. The highest BCUT2D eigenvalue weighted by Crippen LogP contribution is 2.29. The predicted molar refractivity (Wildman–Crippen MR) is 87.7 cm³/mol. The molecule has 0 spiro atoms. The Bertz CT molecular complexity index is 373. The first-order chi connectivity index (χ1) is 10.4. The highest BCUT2D eigenvalue weighted by atomic mass is 16.4. The topological polar surface area (TPSA) is 69.6 Å². The lowest BCUT2D eigenvalue weighted by Gasteiger charge is -2.31. The van der Waals surface area contributed by atoms with Gasteiger partial charge in [-0.15, -0.1) is 0 Å². The molecule has 22 heavy (non-hydrogen) atoms. The monoisotopic (exact) mass is 312 g/mol. The van der Waals surface area contributed by atoms with Crippen molar-refractivity contribution in [3.63, 3.8) is 0 Å². The summed E-state index contributed by atoms with van der Waals surface area (Å²) in [5, 5.41) is 12.5. The van der Waals surface area contributed by atoms with Crippen LogP contribution < -0.4 is 5.32 Å². The number of rotatable bonds is 9. The number of nitrogens with one attached hydrogen (secondary N) is 1. The van der Waals surface area contributed by atoms with Gasteiger partial charge in [-0.25, -0.2) is 0 Å². The standard InChI is InChI=1S/C17H32N2O3/c1-5-7-14-9-16(17(21)22)19(10-14)11-15(8-6-2)12(3)18-13(4)20/h12,14-16H,5-11H2,1-4H3,(H,18,20)(H,21,22)/t12?,14?,15-,16?/m0/s1. The van der Waals surface area contributed by atoms with Crippen molar-refractivity contribution in [3.8, 4) is 0 Å². The summed E-state index contributed by atoms with van der Waals surface area (Å²) in [5.41, 5.74) is 0. The van der Waals surface area contributed by atoms with Crippen LogP contribution in [0, 0.1) is 11.8 Å². The fourth-order valence-corrected chi connectivity index (χ4v) is 3.68. The molecule has 0 saturated carbocycles. The van der Waals surface area contributed by atoms with Crippen LogP contribution in [0.3, 0.4) is 0 Å². The maximum Gasteiger partial charge on any atom is 0.320 e. The number of hydrogen-bond acceptors (Lipinski definition) is 3. The third-order valence-electron chi connectivity index (χ3n) is 4.74. The highest BCUT2D eigenvalue weighted by Gasteiger charge is 2.37. The lowest BCUT2D eigenvalue weighted by atomic mass is 9.95. The zero-order chi connectivity index (χ0) is 16.7. The molecule has 1 aliphatic rings. The number of amides is 1. The first-order valence-electron chi connectivity index (χ1n) is 8.62. The van der Waals surface area contributed by atoms with Crippen molar-refractivity contribution in [2.45, 2.75) is 71.9 Å². The second kappa shape index (κ2) is 9.13. The highest BCUT2D eigenvalue weighted by molar-refractivity contribution is 5.74. The van der Waals surface area contributed by atoms with Gasteiger partial charge in [-0.2, -0.15) is 0 Å². The molecule has 1 heterocycles. The third-order valence-corrected chi connectivity index (χ3v) is 4.74. The minimum absolute atomic E-state index is 0.0198. The van der Waals surface area contributed by atoms with E-state index in [2.05, 4.69) is 24.1 Å². The number of aliphatic carboxylic acids is 1. The molecule has 5 heteroatoms. The average Bonchev–Trinajstić information content (AvgIpc) is 2.81. The zero-order valence-corrected chi connectivity index (χ0v) is 14.5. The van der Waals surface area contributed by atoms with Crippen molar-refractivity contribution in [1.82, 2.24) is 10.2 Å². The van der Waals surface area contributed by atoms with Crippen LogP contribution in [0.25, 0.3) is 0 Å². The smallest absolute Gasteiger partial charge is 0.320 e. The molecule has 128 valence electrons.